The molecule has 0 bridgehead atoms. The van der Waals surface area contributed by atoms with Gasteiger partial charge in [-0.1, -0.05) is 0 Å². The average molecular weight is 260 g/mol. The van der Waals surface area contributed by atoms with Crippen molar-refractivity contribution in [3.8, 4) is 0 Å². The highest BCUT2D eigenvalue weighted by atomic mass is 35.5. The van der Waals surface area contributed by atoms with E-state index in [1.54, 1.807) is 24.5 Å². The molecule has 16 heavy (non-hydrogen) atoms. The van der Waals surface area contributed by atoms with Crippen LogP contribution in [-0.4, -0.2) is 19.0 Å². The number of alkyl halides is 4. The van der Waals surface area contributed by atoms with Crippen molar-refractivity contribution in [3.05, 3.63) is 30.1 Å². The fourth-order valence-corrected chi connectivity index (χ4v) is 0.886. The maximum absolute atomic E-state index is 12.4. The molecular formula is C9H10ClF4NO. The molecule has 0 aliphatic carbocycles. The van der Waals surface area contributed by atoms with E-state index < -0.39 is 19.0 Å². The van der Waals surface area contributed by atoms with E-state index in [0.717, 1.165) is 0 Å². The highest BCUT2D eigenvalue weighted by molar-refractivity contribution is 5.05. The second-order valence-corrected chi connectivity index (χ2v) is 2.96. The Morgan fingerprint density at radius 3 is 2.31 bits per heavy atom. The van der Waals surface area contributed by atoms with E-state index in [9.17, 15) is 17.6 Å². The zero-order valence-electron chi connectivity index (χ0n) is 8.10. The number of rotatable bonds is 5. The summed E-state index contributed by atoms with van der Waals surface area (Å²) in [5.41, 5.74) is 0.638. The van der Waals surface area contributed by atoms with Gasteiger partial charge in [-0.15, -0.1) is 0 Å². The SMILES string of the molecule is FC(F)C(F)(F)COCc1cc[nH+]cc1.[Cl-]. The van der Waals surface area contributed by atoms with E-state index in [1.807, 2.05) is 0 Å². The monoisotopic (exact) mass is 259 g/mol. The van der Waals surface area contributed by atoms with E-state index in [2.05, 4.69) is 9.72 Å². The van der Waals surface area contributed by atoms with Crippen LogP contribution in [0.25, 0.3) is 0 Å². The van der Waals surface area contributed by atoms with E-state index in [0.29, 0.717) is 5.56 Å². The number of aromatic nitrogens is 1. The van der Waals surface area contributed by atoms with Crippen LogP contribution in [0.15, 0.2) is 24.5 Å². The van der Waals surface area contributed by atoms with Crippen molar-refractivity contribution in [2.45, 2.75) is 19.0 Å². The molecule has 1 N–H and O–H groups in total. The zero-order valence-corrected chi connectivity index (χ0v) is 8.85. The van der Waals surface area contributed by atoms with Gasteiger partial charge in [0, 0.05) is 12.1 Å². The molecule has 1 aromatic rings. The summed E-state index contributed by atoms with van der Waals surface area (Å²) in [6.45, 7) is -1.39. The normalized spacial score (nSPS) is 11.3. The number of aromatic amines is 1. The maximum atomic E-state index is 12.4. The first-order valence-electron chi connectivity index (χ1n) is 4.21. The molecular weight excluding hydrogens is 250 g/mol. The molecule has 1 heterocycles. The van der Waals surface area contributed by atoms with Crippen molar-refractivity contribution < 1.29 is 39.7 Å². The third-order valence-corrected chi connectivity index (χ3v) is 1.67. The first kappa shape index (κ1) is 15.1. The van der Waals surface area contributed by atoms with Crippen LogP contribution in [0.1, 0.15) is 5.56 Å². The molecule has 0 spiro atoms. The van der Waals surface area contributed by atoms with Gasteiger partial charge < -0.3 is 17.1 Å². The van der Waals surface area contributed by atoms with Crippen molar-refractivity contribution >= 4 is 0 Å². The molecule has 0 radical (unpaired) electrons. The number of halogens is 5. The Kier molecular flexibility index (Phi) is 6.28. The van der Waals surface area contributed by atoms with Gasteiger partial charge >= 0.3 is 12.3 Å². The van der Waals surface area contributed by atoms with Crippen LogP contribution in [0.2, 0.25) is 0 Å². The van der Waals surface area contributed by atoms with E-state index >= 15 is 0 Å². The lowest BCUT2D eigenvalue weighted by Gasteiger charge is -2.14. The number of pyridine rings is 1. The maximum Gasteiger partial charge on any atom is 0.330 e. The molecule has 0 fully saturated rings. The predicted octanol–water partition coefficient (Wildman–Crippen LogP) is -1.08. The topological polar surface area (TPSA) is 23.4 Å². The largest absolute Gasteiger partial charge is 1.00 e. The predicted molar refractivity (Wildman–Crippen MR) is 43.6 cm³/mol. The lowest BCUT2D eigenvalue weighted by Crippen LogP contribution is -3.00. The summed E-state index contributed by atoms with van der Waals surface area (Å²) in [5.74, 6) is -4.08. The van der Waals surface area contributed by atoms with Gasteiger partial charge in [0.25, 0.3) is 0 Å². The molecule has 0 aromatic carbocycles. The Hall–Kier alpha value is -0.880. The van der Waals surface area contributed by atoms with Gasteiger partial charge in [0.2, 0.25) is 0 Å². The fourth-order valence-electron chi connectivity index (χ4n) is 0.886. The molecule has 0 saturated carbocycles. The lowest BCUT2D eigenvalue weighted by atomic mass is 10.3. The number of hydrogen-bond acceptors (Lipinski definition) is 1. The summed E-state index contributed by atoms with van der Waals surface area (Å²) in [4.78, 5) is 2.73. The molecule has 0 saturated heterocycles. The van der Waals surface area contributed by atoms with E-state index in [-0.39, 0.29) is 19.0 Å². The van der Waals surface area contributed by atoms with Gasteiger partial charge in [0.15, 0.2) is 12.4 Å². The molecule has 0 aliphatic rings. The van der Waals surface area contributed by atoms with Gasteiger partial charge in [0.05, 0.1) is 6.61 Å². The molecule has 0 aliphatic heterocycles. The van der Waals surface area contributed by atoms with Crippen LogP contribution in [0.5, 0.6) is 0 Å². The van der Waals surface area contributed by atoms with Crippen molar-refractivity contribution in [2.24, 2.45) is 0 Å². The van der Waals surface area contributed by atoms with Gasteiger partial charge in [-0.05, 0) is 5.56 Å². The fraction of sp³-hybridized carbons (Fsp3) is 0.444. The minimum atomic E-state index is -4.08. The van der Waals surface area contributed by atoms with Gasteiger partial charge in [-0.25, -0.2) is 13.8 Å². The van der Waals surface area contributed by atoms with Crippen molar-refractivity contribution in [3.63, 3.8) is 0 Å². The minimum Gasteiger partial charge on any atom is -1.00 e. The van der Waals surface area contributed by atoms with E-state index in [1.165, 1.54) is 0 Å². The van der Waals surface area contributed by atoms with Crippen LogP contribution >= 0.6 is 0 Å². The third-order valence-electron chi connectivity index (χ3n) is 1.67. The first-order chi connectivity index (χ1) is 7.02. The smallest absolute Gasteiger partial charge is 0.330 e. The molecule has 92 valence electrons. The van der Waals surface area contributed by atoms with Crippen LogP contribution < -0.4 is 17.4 Å². The van der Waals surface area contributed by atoms with Crippen LogP contribution in [0.4, 0.5) is 17.6 Å². The van der Waals surface area contributed by atoms with Gasteiger partial charge in [-0.3, -0.25) is 0 Å². The molecule has 2 nitrogen and oxygen atoms in total. The van der Waals surface area contributed by atoms with Gasteiger partial charge in [0.1, 0.15) is 6.61 Å². The Morgan fingerprint density at radius 2 is 1.81 bits per heavy atom. The Labute approximate surface area is 96.0 Å². The van der Waals surface area contributed by atoms with Crippen LogP contribution in [0, 0.1) is 0 Å². The van der Waals surface area contributed by atoms with Crippen molar-refractivity contribution in [1.29, 1.82) is 0 Å². The highest BCUT2D eigenvalue weighted by Gasteiger charge is 2.40. The molecule has 0 atom stereocenters. The van der Waals surface area contributed by atoms with Gasteiger partial charge in [-0.2, -0.15) is 8.78 Å². The standard InChI is InChI=1S/C9H9F4NO.ClH/c10-8(11)9(12,13)6-15-5-7-1-3-14-4-2-7;/h1-4,8H,5-6H2;1H. The summed E-state index contributed by atoms with van der Waals surface area (Å²) >= 11 is 0. The number of H-pyrrole nitrogens is 1. The quantitative estimate of drug-likeness (QED) is 0.617. The summed E-state index contributed by atoms with van der Waals surface area (Å²) < 4.78 is 52.6. The summed E-state index contributed by atoms with van der Waals surface area (Å²) in [6, 6.07) is 3.22. The summed E-state index contributed by atoms with van der Waals surface area (Å²) in [6.07, 6.45) is -0.518. The number of nitrogens with one attached hydrogen (secondary N) is 1. The Morgan fingerprint density at radius 1 is 1.25 bits per heavy atom. The van der Waals surface area contributed by atoms with Crippen molar-refractivity contribution in [2.75, 3.05) is 6.61 Å². The third kappa shape index (κ3) is 4.76. The minimum absolute atomic E-state index is 0. The number of hydrogen-bond donors (Lipinski definition) is 0. The molecule has 0 amide bonds. The summed E-state index contributed by atoms with van der Waals surface area (Å²) in [7, 11) is 0. The number of ether oxygens (including phenoxy) is 1. The van der Waals surface area contributed by atoms with Crippen LogP contribution in [-0.2, 0) is 11.3 Å². The molecule has 0 unspecified atom stereocenters. The average Bonchev–Trinajstić information content (AvgIpc) is 2.19. The second kappa shape index (κ2) is 6.65. The molecule has 7 heteroatoms. The molecule has 1 rings (SSSR count). The van der Waals surface area contributed by atoms with Crippen molar-refractivity contribution in [1.82, 2.24) is 0 Å². The van der Waals surface area contributed by atoms with E-state index in [4.69, 9.17) is 0 Å². The summed E-state index contributed by atoms with van der Waals surface area (Å²) in [5, 5.41) is 0. The zero-order chi connectivity index (χ0) is 11.3. The highest BCUT2D eigenvalue weighted by Crippen LogP contribution is 2.23. The first-order valence-corrected chi connectivity index (χ1v) is 4.21. The second-order valence-electron chi connectivity index (χ2n) is 2.96. The lowest BCUT2D eigenvalue weighted by molar-refractivity contribution is -0.378. The van der Waals surface area contributed by atoms with Crippen LogP contribution in [0.3, 0.4) is 0 Å². The molecule has 1 aromatic heterocycles. The Balaban J connectivity index is 0.00000225. The Bertz CT molecular complexity index is 297.